The lowest BCUT2D eigenvalue weighted by Crippen LogP contribution is -2.50. The Labute approximate surface area is 562 Å². The summed E-state index contributed by atoms with van der Waals surface area (Å²) in [5.74, 6) is 2.39. The van der Waals surface area contributed by atoms with Crippen molar-refractivity contribution in [2.24, 2.45) is 11.5 Å². The lowest BCUT2D eigenvalue weighted by molar-refractivity contribution is -0.138. The van der Waals surface area contributed by atoms with Crippen molar-refractivity contribution in [3.63, 3.8) is 0 Å². The highest BCUT2D eigenvalue weighted by Crippen LogP contribution is 2.23. The third kappa shape index (κ3) is 32.9. The van der Waals surface area contributed by atoms with Crippen LogP contribution >= 0.6 is 0 Å². The Bertz CT molecular complexity index is 2520. The van der Waals surface area contributed by atoms with Crippen molar-refractivity contribution in [1.82, 2.24) is 65.4 Å². The average Bonchev–Trinajstić information content (AvgIpc) is 2.10. The molecule has 0 radical (unpaired) electrons. The molecule has 29 nitrogen and oxygen atoms in total. The maximum atomic E-state index is 13.4. The summed E-state index contributed by atoms with van der Waals surface area (Å²) in [4.78, 5) is 97.9. The molecule has 2 unspecified atom stereocenters. The predicted octanol–water partition coefficient (Wildman–Crippen LogP) is 5.26. The van der Waals surface area contributed by atoms with Crippen LogP contribution < -0.4 is 37.2 Å². The Hall–Kier alpha value is -7.13. The third-order valence-electron chi connectivity index (χ3n) is 17.0. The van der Waals surface area contributed by atoms with Gasteiger partial charge in [-0.25, -0.2) is 9.36 Å². The molecule has 9 N–H and O–H groups in total. The number of hydrogen-bond donors (Lipinski definition) is 7. The number of anilines is 3. The molecule has 5 rings (SSSR count). The van der Waals surface area contributed by atoms with Crippen LogP contribution in [0.15, 0.2) is 12.4 Å². The van der Waals surface area contributed by atoms with Gasteiger partial charge in [-0.1, -0.05) is 93.4 Å². The monoisotopic (exact) mass is 1330 g/mol. The number of carbonyl (C=O) groups is 6. The number of amides is 4. The van der Waals surface area contributed by atoms with Crippen molar-refractivity contribution >= 4 is 53.4 Å². The zero-order valence-electron chi connectivity index (χ0n) is 56.6. The van der Waals surface area contributed by atoms with Gasteiger partial charge in [-0.05, 0) is 103 Å². The van der Waals surface area contributed by atoms with Crippen LogP contribution in [0.25, 0.3) is 0 Å². The Balaban J connectivity index is 0.957. The molecule has 0 spiro atoms. The number of carbonyl (C=O) groups excluding carboxylic acids is 4. The Morgan fingerprint density at radius 1 is 0.484 bits per heavy atom. The zero-order valence-corrected chi connectivity index (χ0v) is 56.6. The molecule has 0 saturated carbocycles. The van der Waals surface area contributed by atoms with Crippen LogP contribution in [-0.4, -0.2) is 225 Å². The fourth-order valence-corrected chi connectivity index (χ4v) is 11.5. The average molecular weight is 1330 g/mol. The summed E-state index contributed by atoms with van der Waals surface area (Å²) in [6, 6.07) is -0.973. The fraction of sp³-hybridized carbons (Fsp3) is 0.773. The number of carboxylic acids is 2. The summed E-state index contributed by atoms with van der Waals surface area (Å²) in [6.45, 7) is 9.70. The van der Waals surface area contributed by atoms with E-state index in [1.54, 1.807) is 21.8 Å². The predicted molar refractivity (Wildman–Crippen MR) is 361 cm³/mol. The number of aromatic nitrogens is 9. The van der Waals surface area contributed by atoms with E-state index >= 15 is 0 Å². The SMILES string of the molecule is C#CCOCCOCCOCCNc1nc(N2CCN(C(=O)CCCCCCCCCCNC(=O)C(CCCCN)n3cc(CCCC(=O)O)nn3)CC2)nc(N2CCN(C(=O)CCCCCCCCCCNC(=O)C(CCCCN)n3cc(CCCC(=O)O)nn3)CC2)n1. The van der Waals surface area contributed by atoms with Crippen LogP contribution in [0.2, 0.25) is 0 Å². The summed E-state index contributed by atoms with van der Waals surface area (Å²) < 4.78 is 19.8. The van der Waals surface area contributed by atoms with Gasteiger partial charge in [0, 0.05) is 110 Å². The zero-order chi connectivity index (χ0) is 67.9. The first-order valence-electron chi connectivity index (χ1n) is 35.3. The van der Waals surface area contributed by atoms with Crippen molar-refractivity contribution in [2.45, 2.75) is 205 Å². The number of aliphatic carboxylic acids is 2. The van der Waals surface area contributed by atoms with Gasteiger partial charge in [0.15, 0.2) is 0 Å². The van der Waals surface area contributed by atoms with E-state index < -0.39 is 24.0 Å². The van der Waals surface area contributed by atoms with Crippen LogP contribution in [0, 0.1) is 12.3 Å². The highest BCUT2D eigenvalue weighted by Gasteiger charge is 2.28. The van der Waals surface area contributed by atoms with E-state index in [0.717, 1.165) is 128 Å². The van der Waals surface area contributed by atoms with E-state index in [9.17, 15) is 28.8 Å². The number of nitrogens with zero attached hydrogens (tertiary/aromatic N) is 13. The van der Waals surface area contributed by atoms with E-state index in [1.807, 2.05) is 9.80 Å². The van der Waals surface area contributed by atoms with Gasteiger partial charge in [-0.2, -0.15) is 15.0 Å². The van der Waals surface area contributed by atoms with Gasteiger partial charge < -0.3 is 71.4 Å². The lowest BCUT2D eigenvalue weighted by Gasteiger charge is -2.36. The summed E-state index contributed by atoms with van der Waals surface area (Å²) in [7, 11) is 0. The highest BCUT2D eigenvalue weighted by atomic mass is 16.5. The minimum absolute atomic E-state index is 0.0576. The maximum Gasteiger partial charge on any atom is 0.303 e. The van der Waals surface area contributed by atoms with Crippen molar-refractivity contribution in [2.75, 3.05) is 140 Å². The van der Waals surface area contributed by atoms with Gasteiger partial charge in [0.2, 0.25) is 41.5 Å². The molecule has 2 saturated heterocycles. The molecular weight excluding hydrogens is 1220 g/mol. The summed E-state index contributed by atoms with van der Waals surface area (Å²) >= 11 is 0. The quantitative estimate of drug-likeness (QED) is 0.0280. The molecule has 29 heteroatoms. The molecule has 4 amide bonds. The van der Waals surface area contributed by atoms with Crippen LogP contribution in [0.3, 0.4) is 0 Å². The van der Waals surface area contributed by atoms with Gasteiger partial charge in [-0.15, -0.1) is 16.6 Å². The van der Waals surface area contributed by atoms with Gasteiger partial charge in [0.25, 0.3) is 0 Å². The van der Waals surface area contributed by atoms with E-state index in [4.69, 9.17) is 57.3 Å². The molecule has 2 atom stereocenters. The molecule has 0 bridgehead atoms. The van der Waals surface area contributed by atoms with Gasteiger partial charge >= 0.3 is 11.9 Å². The second-order valence-electron chi connectivity index (χ2n) is 24.6. The third-order valence-corrected chi connectivity index (χ3v) is 17.0. The Kier molecular flexibility index (Phi) is 40.1. The van der Waals surface area contributed by atoms with E-state index in [0.29, 0.717) is 199 Å². The topological polar surface area (TPSA) is 372 Å². The molecule has 2 fully saturated rings. The molecule has 2 aliphatic heterocycles. The molecule has 0 aromatic carbocycles. The number of aryl methyl sites for hydroxylation is 2. The largest absolute Gasteiger partial charge is 0.481 e. The fourth-order valence-electron chi connectivity index (χ4n) is 11.5. The maximum absolute atomic E-state index is 13.4. The molecule has 532 valence electrons. The number of piperazine rings is 2. The number of unbranched alkanes of at least 4 members (excludes halogenated alkanes) is 16. The number of nitrogens with two attached hydrogens (primary N) is 2. The Morgan fingerprint density at radius 2 is 0.884 bits per heavy atom. The van der Waals surface area contributed by atoms with Crippen molar-refractivity contribution in [3.05, 3.63) is 23.8 Å². The number of carboxylic acid groups (broad SMARTS) is 2. The molecule has 3 aromatic heterocycles. The molecule has 5 heterocycles. The normalized spacial score (nSPS) is 14.0. The van der Waals surface area contributed by atoms with Crippen molar-refractivity contribution in [1.29, 1.82) is 0 Å². The Morgan fingerprint density at radius 3 is 1.29 bits per heavy atom. The summed E-state index contributed by atoms with van der Waals surface area (Å²) in [5.41, 5.74) is 12.8. The molecule has 2 aliphatic rings. The standard InChI is InChI=1S/C66H112N18O11/c1-2-46-93-48-50-95-51-49-94-47-37-71-64-72-65(81-42-38-79(39-43-81)58(85)29-15-11-7-3-5-9-13-21-35-69-62(91)56(27-17-19-33-67)83-52-54(75-77-83)25-23-31-60(87)88)74-66(73-64)82-44-40-80(41-45-82)59(86)30-16-12-8-4-6-10-14-22-36-70-63(92)57(28-18-20-34-68)84-53-55(76-78-84)26-24-32-61(89)90/h1,52-53,56-57H,3-51,67-68H2,(H,69,91)(H,70,92)(H,87,88)(H,89,90)(H,71,72,73,74). The summed E-state index contributed by atoms with van der Waals surface area (Å²) in [6.07, 6.45) is 32.3. The van der Waals surface area contributed by atoms with Crippen molar-refractivity contribution < 1.29 is 53.2 Å². The number of nitrogens with one attached hydrogen (secondary N) is 3. The number of hydrogen-bond acceptors (Lipinski definition) is 21. The molecular formula is C66H112N18O11. The van der Waals surface area contributed by atoms with Crippen molar-refractivity contribution in [3.8, 4) is 12.3 Å². The van der Waals surface area contributed by atoms with Crippen LogP contribution in [0.4, 0.5) is 17.8 Å². The highest BCUT2D eigenvalue weighted by molar-refractivity contribution is 5.80. The first-order chi connectivity index (χ1) is 46.4. The molecule has 95 heavy (non-hydrogen) atoms. The second-order valence-corrected chi connectivity index (χ2v) is 24.6. The first kappa shape index (κ1) is 78.6. The second kappa shape index (κ2) is 48.5. The minimum atomic E-state index is -0.850. The number of terminal acetylenes is 1. The van der Waals surface area contributed by atoms with Crippen LogP contribution in [0.1, 0.15) is 203 Å². The van der Waals surface area contributed by atoms with E-state index in [2.05, 4.69) is 52.3 Å². The minimum Gasteiger partial charge on any atom is -0.481 e. The van der Waals surface area contributed by atoms with Gasteiger partial charge in [-0.3, -0.25) is 28.8 Å². The first-order valence-corrected chi connectivity index (χ1v) is 35.3. The van der Waals surface area contributed by atoms with E-state index in [-0.39, 0.29) is 43.1 Å². The smallest absolute Gasteiger partial charge is 0.303 e. The van der Waals surface area contributed by atoms with E-state index in [1.165, 1.54) is 0 Å². The van der Waals surface area contributed by atoms with Gasteiger partial charge in [0.1, 0.15) is 18.7 Å². The number of rotatable bonds is 55. The lowest BCUT2D eigenvalue weighted by atomic mass is 10.1. The number of ether oxygens (including phenoxy) is 3. The summed E-state index contributed by atoms with van der Waals surface area (Å²) in [5, 5.41) is 44.2. The molecule has 3 aromatic rings. The van der Waals surface area contributed by atoms with Crippen LogP contribution in [-0.2, 0) is 55.8 Å². The van der Waals surface area contributed by atoms with Crippen LogP contribution in [0.5, 0.6) is 0 Å². The van der Waals surface area contributed by atoms with Gasteiger partial charge in [0.05, 0.1) is 44.4 Å². The molecule has 0 aliphatic carbocycles.